The maximum absolute atomic E-state index is 10.4. The minimum absolute atomic E-state index is 0.0741. The number of hydrogen-bond donors (Lipinski definition) is 1. The molecule has 0 spiro atoms. The molecule has 0 saturated heterocycles. The second-order valence-corrected chi connectivity index (χ2v) is 14.0. The number of unbranched alkanes of at least 4 members (excludes halogenated alkanes) is 25. The molecule has 0 aliphatic rings. The smallest absolute Gasteiger partial charge is 0.282 e. The van der Waals surface area contributed by atoms with Crippen LogP contribution in [0.2, 0.25) is 3.67 Å². The van der Waals surface area contributed by atoms with Crippen LogP contribution in [0.1, 0.15) is 174 Å². The summed E-state index contributed by atoms with van der Waals surface area (Å²) in [4.78, 5) is -0.0741. The number of hydrogen-bond acceptors (Lipinski definition) is 2. The van der Waals surface area contributed by atoms with Crippen molar-refractivity contribution in [3.63, 3.8) is 0 Å². The van der Waals surface area contributed by atoms with Gasteiger partial charge in [0.05, 0.1) is 4.90 Å². The molecule has 3 nitrogen and oxygen atoms in total. The van der Waals surface area contributed by atoms with E-state index in [2.05, 4.69) is 6.92 Å². The molecular weight excluding hydrogens is 511 g/mol. The van der Waals surface area contributed by atoms with Crippen molar-refractivity contribution in [2.45, 2.75) is 182 Å². The van der Waals surface area contributed by atoms with Gasteiger partial charge in [0, 0.05) is 0 Å². The van der Waals surface area contributed by atoms with Crippen LogP contribution >= 0.6 is 0 Å². The molecule has 0 fully saturated rings. The Balaban J connectivity index is 0.00000120. The Hall–Kier alpha value is 0.130. The zero-order valence-corrected chi connectivity index (χ0v) is 29.0. The molecule has 1 aromatic rings. The molecule has 0 heterocycles. The van der Waals surface area contributed by atoms with Gasteiger partial charge in [-0.25, -0.2) is 0 Å². The van der Waals surface area contributed by atoms with E-state index in [9.17, 15) is 8.42 Å². The minimum atomic E-state index is -4.00. The van der Waals surface area contributed by atoms with Gasteiger partial charge < -0.3 is 0 Å². The Morgan fingerprint density at radius 2 is 0.744 bits per heavy atom. The van der Waals surface area contributed by atoms with Gasteiger partial charge in [-0.2, -0.15) is 8.42 Å². The van der Waals surface area contributed by atoms with Crippen LogP contribution in [-0.4, -0.2) is 40.9 Å². The summed E-state index contributed by atoms with van der Waals surface area (Å²) >= 11 is 1.41. The summed E-state index contributed by atoms with van der Waals surface area (Å²) in [5.74, 6) is 0. The van der Waals surface area contributed by atoms with Gasteiger partial charge in [0.25, 0.3) is 10.1 Å². The van der Waals surface area contributed by atoms with Crippen LogP contribution in [0.15, 0.2) is 35.2 Å². The van der Waals surface area contributed by atoms with Crippen LogP contribution < -0.4 is 0 Å². The Morgan fingerprint density at radius 1 is 0.487 bits per heavy atom. The Morgan fingerprint density at radius 3 is 0.949 bits per heavy atom. The molecule has 0 aromatic heterocycles. The van der Waals surface area contributed by atoms with Crippen LogP contribution in [0.5, 0.6) is 0 Å². The summed E-state index contributed by atoms with van der Waals surface area (Å²) in [5.41, 5.74) is 0. The summed E-state index contributed by atoms with van der Waals surface area (Å²) in [6, 6.07) is 7.42. The van der Waals surface area contributed by atoms with Gasteiger partial charge in [0.1, 0.15) is 0 Å². The van der Waals surface area contributed by atoms with Gasteiger partial charge in [-0.05, 0) is 12.1 Å². The van der Waals surface area contributed by atoms with Crippen molar-refractivity contribution in [1.82, 2.24) is 0 Å². The Kier molecular flexibility index (Phi) is 31.2. The Labute approximate surface area is 262 Å². The number of rotatable bonds is 27. The van der Waals surface area contributed by atoms with Crippen LogP contribution in [0, 0.1) is 0 Å². The average molecular weight is 575 g/mol. The number of benzene rings is 1. The van der Waals surface area contributed by atoms with E-state index in [1.54, 1.807) is 18.2 Å². The minimum Gasteiger partial charge on any atom is -0.282 e. The van der Waals surface area contributed by atoms with E-state index in [4.69, 9.17) is 4.55 Å². The normalized spacial score (nSPS) is 11.4. The first-order chi connectivity index (χ1) is 19.0. The fourth-order valence-electron chi connectivity index (χ4n) is 5.16. The summed E-state index contributed by atoms with van der Waals surface area (Å²) in [5, 5.41) is 0. The first kappa shape index (κ1) is 39.1. The molecule has 1 aromatic carbocycles. The quantitative estimate of drug-likeness (QED) is 0.0646. The van der Waals surface area contributed by atoms with Gasteiger partial charge in [-0.1, -0.05) is 121 Å². The third-order valence-electron chi connectivity index (χ3n) is 7.75. The predicted molar refractivity (Wildman–Crippen MR) is 173 cm³/mol. The largest absolute Gasteiger partial charge is 0.294 e. The molecule has 0 aliphatic carbocycles. The van der Waals surface area contributed by atoms with E-state index < -0.39 is 10.1 Å². The van der Waals surface area contributed by atoms with Gasteiger partial charge in [0.15, 0.2) is 0 Å². The maximum atomic E-state index is 10.4. The van der Waals surface area contributed by atoms with E-state index >= 15 is 0 Å². The fraction of sp³-hybridized carbons (Fsp3) is 0.824. The maximum Gasteiger partial charge on any atom is 0.294 e. The average Bonchev–Trinajstić information content (AvgIpc) is 2.93. The summed E-state index contributed by atoms with van der Waals surface area (Å²) in [6.45, 7) is 2.31. The van der Waals surface area contributed by atoms with Crippen LogP contribution in [-0.2, 0) is 10.1 Å². The van der Waals surface area contributed by atoms with Gasteiger partial charge in [0.2, 0.25) is 0 Å². The molecular formula is C34H63NaO3S. The van der Waals surface area contributed by atoms with Gasteiger partial charge in [-0.3, -0.25) is 4.55 Å². The zero-order valence-electron chi connectivity index (χ0n) is 26.2. The molecule has 0 bridgehead atoms. The van der Waals surface area contributed by atoms with Crippen molar-refractivity contribution in [2.24, 2.45) is 0 Å². The molecule has 0 aliphatic heterocycles. The summed E-state index contributed by atoms with van der Waals surface area (Å²) in [7, 11) is -4.00. The molecule has 1 N–H and O–H groups in total. The molecule has 39 heavy (non-hydrogen) atoms. The van der Waals surface area contributed by atoms with Gasteiger partial charge >= 0.3 is 102 Å². The topological polar surface area (TPSA) is 54.4 Å². The molecule has 0 unspecified atom stereocenters. The van der Waals surface area contributed by atoms with Crippen LogP contribution in [0.3, 0.4) is 0 Å². The molecule has 0 saturated carbocycles. The standard InChI is InChI=1S/C28H57.C6H6O3S.Na/c1-3-5-7-9-11-13-15-17-19-21-23-25-27-28-26-24-22-20-18-16-14-12-10-8-6-4-2;7-10(8,9)6-4-2-1-3-5-6;/h1,3-28H2,2H3;1-5H,(H,7,8,9);. The molecule has 0 radical (unpaired) electrons. The SMILES string of the molecule is CCCCCCCCCCCCCCCCCCCCCCCCCCC[CH2][Na].O=S(=O)(O)c1ccccc1. The molecule has 0 atom stereocenters. The Bertz CT molecular complexity index is 668. The molecule has 0 amide bonds. The summed E-state index contributed by atoms with van der Waals surface area (Å²) < 4.78 is 30.8. The van der Waals surface area contributed by atoms with E-state index in [0.29, 0.717) is 0 Å². The molecule has 224 valence electrons. The molecule has 1 rings (SSSR count). The monoisotopic (exact) mass is 574 g/mol. The van der Waals surface area contributed by atoms with E-state index in [-0.39, 0.29) is 4.90 Å². The van der Waals surface area contributed by atoms with Crippen molar-refractivity contribution in [3.8, 4) is 0 Å². The predicted octanol–water partition coefficient (Wildman–Crippen LogP) is 11.7. The first-order valence-corrected chi connectivity index (χ1v) is 19.9. The van der Waals surface area contributed by atoms with Crippen molar-refractivity contribution in [1.29, 1.82) is 0 Å². The summed E-state index contributed by atoms with van der Waals surface area (Å²) in [6.07, 6.45) is 38.7. The van der Waals surface area contributed by atoms with Gasteiger partial charge in [-0.15, -0.1) is 0 Å². The second-order valence-electron chi connectivity index (χ2n) is 11.6. The van der Waals surface area contributed by atoms with Crippen LogP contribution in [0.4, 0.5) is 0 Å². The van der Waals surface area contributed by atoms with E-state index in [1.165, 1.54) is 211 Å². The van der Waals surface area contributed by atoms with Crippen molar-refractivity contribution in [2.75, 3.05) is 0 Å². The third kappa shape index (κ3) is 30.9. The van der Waals surface area contributed by atoms with Crippen molar-refractivity contribution < 1.29 is 13.0 Å². The van der Waals surface area contributed by atoms with E-state index in [1.807, 2.05) is 0 Å². The fourth-order valence-corrected chi connectivity index (χ4v) is 6.16. The van der Waals surface area contributed by atoms with E-state index in [0.717, 1.165) is 0 Å². The molecule has 5 heteroatoms. The van der Waals surface area contributed by atoms with Crippen LogP contribution in [0.25, 0.3) is 0 Å². The zero-order chi connectivity index (χ0) is 28.7. The second kappa shape index (κ2) is 31.1. The first-order valence-electron chi connectivity index (χ1n) is 17.0. The van der Waals surface area contributed by atoms with Crippen molar-refractivity contribution >= 4 is 38.0 Å². The van der Waals surface area contributed by atoms with Crippen molar-refractivity contribution in [3.05, 3.63) is 30.3 Å². The third-order valence-corrected chi connectivity index (χ3v) is 9.32.